The molecule has 0 amide bonds. The molecule has 3 aromatic heterocycles. The molecule has 0 unspecified atom stereocenters. The van der Waals surface area contributed by atoms with Gasteiger partial charge in [0.05, 0.1) is 36.0 Å². The Morgan fingerprint density at radius 1 is 1.21 bits per heavy atom. The zero-order valence-electron chi connectivity index (χ0n) is 16.5. The third-order valence-electron chi connectivity index (χ3n) is 5.69. The third-order valence-corrected chi connectivity index (χ3v) is 5.69. The number of nitrogens with one attached hydrogen (secondary N) is 1. The molecule has 5 heterocycles. The average Bonchev–Trinajstić information content (AvgIpc) is 3.16. The van der Waals surface area contributed by atoms with E-state index in [1.807, 2.05) is 17.8 Å². The summed E-state index contributed by atoms with van der Waals surface area (Å²) in [7, 11) is 0. The second-order valence-corrected chi connectivity index (χ2v) is 7.68. The van der Waals surface area contributed by atoms with Crippen LogP contribution in [0.4, 0.5) is 11.6 Å². The largest absolute Gasteiger partial charge is 0.475 e. The van der Waals surface area contributed by atoms with Crippen LogP contribution in [0, 0.1) is 19.8 Å². The summed E-state index contributed by atoms with van der Waals surface area (Å²) in [5, 5.41) is 13.7. The highest BCUT2D eigenvalue weighted by Gasteiger charge is 2.29. The second kappa shape index (κ2) is 6.73. The fraction of sp³-hybridized carbons (Fsp3) is 0.579. The van der Waals surface area contributed by atoms with Crippen molar-refractivity contribution in [2.75, 3.05) is 25.1 Å². The third kappa shape index (κ3) is 2.81. The Morgan fingerprint density at radius 3 is 2.96 bits per heavy atom. The molecule has 9 nitrogen and oxygen atoms in total. The number of hydrogen-bond donors (Lipinski definition) is 1. The Morgan fingerprint density at radius 2 is 2.11 bits per heavy atom. The first-order valence-corrected chi connectivity index (χ1v) is 9.88. The Hall–Kier alpha value is -2.68. The molecule has 0 radical (unpaired) electrons. The lowest BCUT2D eigenvalue weighted by Gasteiger charge is -2.29. The number of hydrogen-bond acceptors (Lipinski definition) is 7. The molecule has 1 N–H and O–H groups in total. The smallest absolute Gasteiger partial charge is 0.257 e. The van der Waals surface area contributed by atoms with Gasteiger partial charge in [-0.15, -0.1) is 5.10 Å². The molecule has 0 aliphatic carbocycles. The molecule has 2 bridgehead atoms. The van der Waals surface area contributed by atoms with Gasteiger partial charge in [-0.2, -0.15) is 10.1 Å². The standard InChI is InChI=1S/C19H25N7O2/c1-11-10-27-8-5-15(11)26-13(3)16-18(24-26)28-7-4-6-25-17-14(12(2)23-25)9-20-19(21-16)22-17/h9,11,15H,4-8,10H2,1-3H3,(H,20,21,22)/t11-,15-/m1/s1. The molecule has 2 aliphatic rings. The highest BCUT2D eigenvalue weighted by atomic mass is 16.5. The summed E-state index contributed by atoms with van der Waals surface area (Å²) in [6.07, 6.45) is 3.61. The molecule has 9 heteroatoms. The van der Waals surface area contributed by atoms with Crippen molar-refractivity contribution in [1.29, 1.82) is 0 Å². The first-order chi connectivity index (χ1) is 13.6. The number of rotatable bonds is 1. The van der Waals surface area contributed by atoms with Gasteiger partial charge in [-0.05, 0) is 20.3 Å². The monoisotopic (exact) mass is 383 g/mol. The second-order valence-electron chi connectivity index (χ2n) is 7.68. The van der Waals surface area contributed by atoms with Crippen LogP contribution in [-0.2, 0) is 11.3 Å². The lowest BCUT2D eigenvalue weighted by Crippen LogP contribution is -2.29. The van der Waals surface area contributed by atoms with E-state index in [4.69, 9.17) is 19.6 Å². The molecular weight excluding hydrogens is 358 g/mol. The van der Waals surface area contributed by atoms with Crippen LogP contribution in [0.15, 0.2) is 6.20 Å². The van der Waals surface area contributed by atoms with E-state index in [9.17, 15) is 0 Å². The van der Waals surface area contributed by atoms with Crippen LogP contribution in [0.2, 0.25) is 0 Å². The molecule has 2 aliphatic heterocycles. The van der Waals surface area contributed by atoms with Crippen LogP contribution in [0.3, 0.4) is 0 Å². The number of aromatic nitrogens is 6. The van der Waals surface area contributed by atoms with Gasteiger partial charge >= 0.3 is 0 Å². The number of nitrogens with zero attached hydrogens (tertiary/aromatic N) is 6. The summed E-state index contributed by atoms with van der Waals surface area (Å²) in [6.45, 7) is 9.08. The summed E-state index contributed by atoms with van der Waals surface area (Å²) in [4.78, 5) is 9.22. The quantitative estimate of drug-likeness (QED) is 0.691. The fourth-order valence-corrected chi connectivity index (χ4v) is 4.11. The van der Waals surface area contributed by atoms with E-state index in [1.54, 1.807) is 0 Å². The van der Waals surface area contributed by atoms with Crippen molar-refractivity contribution >= 4 is 22.7 Å². The van der Waals surface area contributed by atoms with Gasteiger partial charge in [-0.25, -0.2) is 9.67 Å². The Bertz CT molecular complexity index is 1030. The van der Waals surface area contributed by atoms with E-state index in [2.05, 4.69) is 33.9 Å². The fourth-order valence-electron chi connectivity index (χ4n) is 4.11. The van der Waals surface area contributed by atoms with Crippen molar-refractivity contribution in [3.8, 4) is 5.88 Å². The lowest BCUT2D eigenvalue weighted by molar-refractivity contribution is 0.0240. The maximum Gasteiger partial charge on any atom is 0.257 e. The molecule has 3 aromatic rings. The van der Waals surface area contributed by atoms with Crippen LogP contribution >= 0.6 is 0 Å². The minimum Gasteiger partial charge on any atom is -0.475 e. The lowest BCUT2D eigenvalue weighted by atomic mass is 9.98. The van der Waals surface area contributed by atoms with Gasteiger partial charge in [-0.3, -0.25) is 4.68 Å². The van der Waals surface area contributed by atoms with Crippen LogP contribution in [-0.4, -0.2) is 49.3 Å². The Kier molecular flexibility index (Phi) is 4.19. The van der Waals surface area contributed by atoms with Crippen molar-refractivity contribution in [3.63, 3.8) is 0 Å². The van der Waals surface area contributed by atoms with Crippen molar-refractivity contribution in [2.45, 2.75) is 46.2 Å². The highest BCUT2D eigenvalue weighted by Crippen LogP contribution is 2.36. The zero-order chi connectivity index (χ0) is 19.3. The first kappa shape index (κ1) is 17.4. The van der Waals surface area contributed by atoms with Gasteiger partial charge in [0.1, 0.15) is 5.69 Å². The minimum atomic E-state index is 0.298. The number of anilines is 2. The molecule has 1 fully saturated rings. The van der Waals surface area contributed by atoms with Gasteiger partial charge < -0.3 is 14.8 Å². The number of fused-ring (bicyclic) bond motifs is 2. The van der Waals surface area contributed by atoms with Crippen LogP contribution < -0.4 is 10.1 Å². The number of aryl methyl sites for hydroxylation is 2. The molecule has 0 saturated carbocycles. The molecule has 2 atom stereocenters. The van der Waals surface area contributed by atoms with Gasteiger partial charge in [0.15, 0.2) is 5.65 Å². The molecular formula is C19H25N7O2. The van der Waals surface area contributed by atoms with E-state index < -0.39 is 0 Å². The molecule has 5 rings (SSSR count). The van der Waals surface area contributed by atoms with Crippen molar-refractivity contribution in [1.82, 2.24) is 29.5 Å². The average molecular weight is 383 g/mol. The molecule has 1 saturated heterocycles. The maximum atomic E-state index is 6.07. The Balaban J connectivity index is 1.58. The zero-order valence-corrected chi connectivity index (χ0v) is 16.5. The summed E-state index contributed by atoms with van der Waals surface area (Å²) >= 11 is 0. The van der Waals surface area contributed by atoms with Crippen LogP contribution in [0.5, 0.6) is 5.88 Å². The molecule has 148 valence electrons. The predicted molar refractivity (Wildman–Crippen MR) is 104 cm³/mol. The SMILES string of the molecule is Cc1nn2c3nc(ncc13)Nc1c(nn([C@@H]3CCOC[C@H]3C)c1C)OCCC2. The summed E-state index contributed by atoms with van der Waals surface area (Å²) in [5.74, 6) is 1.54. The van der Waals surface area contributed by atoms with Crippen molar-refractivity contribution in [3.05, 3.63) is 17.6 Å². The normalized spacial score (nSPS) is 22.4. The predicted octanol–water partition coefficient (Wildman–Crippen LogP) is 2.76. The maximum absolute atomic E-state index is 6.07. The van der Waals surface area contributed by atoms with Crippen LogP contribution in [0.25, 0.3) is 11.0 Å². The first-order valence-electron chi connectivity index (χ1n) is 9.88. The van der Waals surface area contributed by atoms with Crippen molar-refractivity contribution in [2.24, 2.45) is 5.92 Å². The summed E-state index contributed by atoms with van der Waals surface area (Å²) in [6, 6.07) is 0.298. The van der Waals surface area contributed by atoms with Gasteiger partial charge in [-0.1, -0.05) is 6.92 Å². The summed E-state index contributed by atoms with van der Waals surface area (Å²) < 4.78 is 15.7. The molecule has 28 heavy (non-hydrogen) atoms. The number of ether oxygens (including phenoxy) is 2. The molecule has 0 spiro atoms. The highest BCUT2D eigenvalue weighted by molar-refractivity contribution is 5.79. The topological polar surface area (TPSA) is 91.9 Å². The van der Waals surface area contributed by atoms with Gasteiger partial charge in [0.2, 0.25) is 5.95 Å². The van der Waals surface area contributed by atoms with E-state index in [0.717, 1.165) is 60.7 Å². The van der Waals surface area contributed by atoms with Gasteiger partial charge in [0.25, 0.3) is 5.88 Å². The van der Waals surface area contributed by atoms with E-state index in [1.165, 1.54) is 0 Å². The minimum absolute atomic E-state index is 0.298. The summed E-state index contributed by atoms with van der Waals surface area (Å²) in [5.41, 5.74) is 3.66. The van der Waals surface area contributed by atoms with Crippen molar-refractivity contribution < 1.29 is 9.47 Å². The molecule has 0 aromatic carbocycles. The van der Waals surface area contributed by atoms with E-state index in [-0.39, 0.29) is 0 Å². The van der Waals surface area contributed by atoms with E-state index in [0.29, 0.717) is 30.4 Å². The van der Waals surface area contributed by atoms with Crippen LogP contribution in [0.1, 0.15) is 37.2 Å². The van der Waals surface area contributed by atoms with E-state index >= 15 is 0 Å². The van der Waals surface area contributed by atoms with Gasteiger partial charge in [0, 0.05) is 31.7 Å². The Labute approximate surface area is 163 Å².